The summed E-state index contributed by atoms with van der Waals surface area (Å²) in [5.41, 5.74) is 6.96. The van der Waals surface area contributed by atoms with Crippen LogP contribution >= 0.6 is 0 Å². The van der Waals surface area contributed by atoms with E-state index in [1.54, 1.807) is 0 Å². The Balaban J connectivity index is 2.09. The van der Waals surface area contributed by atoms with Crippen LogP contribution in [0.1, 0.15) is 47.0 Å². The van der Waals surface area contributed by atoms with E-state index >= 15 is 0 Å². The molecule has 1 fully saturated rings. The Bertz CT molecular complexity index is 456. The predicted octanol–water partition coefficient (Wildman–Crippen LogP) is 4.26. The molecule has 0 aromatic heterocycles. The highest BCUT2D eigenvalue weighted by molar-refractivity contribution is 5.50. The number of benzene rings is 1. The number of rotatable bonds is 4. The third-order valence-electron chi connectivity index (χ3n) is 3.86. The van der Waals surface area contributed by atoms with Gasteiger partial charge in [0.05, 0.1) is 12.7 Å². The van der Waals surface area contributed by atoms with Crippen LogP contribution in [0.5, 0.6) is 11.5 Å². The standard InChI is InChI=1S/C17H27NO2/c1-5-19-14-7-13(18)8-15(9-14)20-16-6-12(2)10-17(3,4)11-16/h7-9,12,16H,5-6,10-11,18H2,1-4H3. The average molecular weight is 277 g/mol. The zero-order valence-corrected chi connectivity index (χ0v) is 13.1. The van der Waals surface area contributed by atoms with Gasteiger partial charge in [-0.2, -0.15) is 0 Å². The lowest BCUT2D eigenvalue weighted by atomic mass is 9.71. The van der Waals surface area contributed by atoms with E-state index < -0.39 is 0 Å². The highest BCUT2D eigenvalue weighted by Crippen LogP contribution is 2.40. The monoisotopic (exact) mass is 277 g/mol. The van der Waals surface area contributed by atoms with Crippen LogP contribution in [-0.2, 0) is 0 Å². The third-order valence-corrected chi connectivity index (χ3v) is 3.86. The van der Waals surface area contributed by atoms with Crippen molar-refractivity contribution in [3.8, 4) is 11.5 Å². The molecule has 2 rings (SSSR count). The lowest BCUT2D eigenvalue weighted by Gasteiger charge is -2.38. The molecule has 3 nitrogen and oxygen atoms in total. The molecule has 0 amide bonds. The molecule has 1 aromatic carbocycles. The molecular formula is C17H27NO2. The van der Waals surface area contributed by atoms with E-state index in [0.29, 0.717) is 23.6 Å². The number of hydrogen-bond donors (Lipinski definition) is 1. The number of nitrogens with two attached hydrogens (primary N) is 1. The van der Waals surface area contributed by atoms with Gasteiger partial charge in [-0.3, -0.25) is 0 Å². The normalized spacial score (nSPS) is 25.2. The minimum atomic E-state index is 0.269. The van der Waals surface area contributed by atoms with Crippen molar-refractivity contribution in [3.63, 3.8) is 0 Å². The summed E-state index contributed by atoms with van der Waals surface area (Å²) in [5, 5.41) is 0. The Morgan fingerprint density at radius 2 is 1.90 bits per heavy atom. The molecule has 2 unspecified atom stereocenters. The van der Waals surface area contributed by atoms with Crippen LogP contribution in [0.3, 0.4) is 0 Å². The van der Waals surface area contributed by atoms with E-state index in [2.05, 4.69) is 20.8 Å². The highest BCUT2D eigenvalue weighted by Gasteiger charge is 2.33. The molecular weight excluding hydrogens is 250 g/mol. The molecule has 0 saturated heterocycles. The van der Waals surface area contributed by atoms with Gasteiger partial charge < -0.3 is 15.2 Å². The van der Waals surface area contributed by atoms with Crippen LogP contribution in [0.4, 0.5) is 5.69 Å². The second-order valence-corrected chi connectivity index (χ2v) is 6.82. The fourth-order valence-electron chi connectivity index (χ4n) is 3.45. The fraction of sp³-hybridized carbons (Fsp3) is 0.647. The molecule has 1 saturated carbocycles. The second-order valence-electron chi connectivity index (χ2n) is 6.82. The summed E-state index contributed by atoms with van der Waals surface area (Å²) in [6.45, 7) is 9.56. The Kier molecular flexibility index (Phi) is 4.46. The van der Waals surface area contributed by atoms with E-state index in [9.17, 15) is 0 Å². The fourth-order valence-corrected chi connectivity index (χ4v) is 3.45. The molecule has 0 bridgehead atoms. The van der Waals surface area contributed by atoms with Gasteiger partial charge in [0.2, 0.25) is 0 Å². The van der Waals surface area contributed by atoms with Crippen LogP contribution in [-0.4, -0.2) is 12.7 Å². The Labute approximate surface area is 122 Å². The van der Waals surface area contributed by atoms with Crippen LogP contribution in [0, 0.1) is 11.3 Å². The van der Waals surface area contributed by atoms with Crippen molar-refractivity contribution in [2.75, 3.05) is 12.3 Å². The van der Waals surface area contributed by atoms with Crippen molar-refractivity contribution in [3.05, 3.63) is 18.2 Å². The number of nitrogen functional groups attached to an aromatic ring is 1. The van der Waals surface area contributed by atoms with Gasteiger partial charge in [0, 0.05) is 23.9 Å². The third kappa shape index (κ3) is 4.06. The number of ether oxygens (including phenoxy) is 2. The Morgan fingerprint density at radius 1 is 1.20 bits per heavy atom. The molecule has 0 radical (unpaired) electrons. The highest BCUT2D eigenvalue weighted by atomic mass is 16.5. The zero-order chi connectivity index (χ0) is 14.8. The summed E-state index contributed by atoms with van der Waals surface area (Å²) in [4.78, 5) is 0. The number of anilines is 1. The maximum Gasteiger partial charge on any atom is 0.125 e. The molecule has 3 heteroatoms. The van der Waals surface area contributed by atoms with Crippen molar-refractivity contribution in [1.29, 1.82) is 0 Å². The summed E-state index contributed by atoms with van der Waals surface area (Å²) in [6, 6.07) is 5.66. The molecule has 0 heterocycles. The summed E-state index contributed by atoms with van der Waals surface area (Å²) in [6.07, 6.45) is 3.75. The van der Waals surface area contributed by atoms with Crippen LogP contribution in [0.15, 0.2) is 18.2 Å². The van der Waals surface area contributed by atoms with Gasteiger partial charge in [0.1, 0.15) is 11.5 Å². The van der Waals surface area contributed by atoms with Gasteiger partial charge in [-0.25, -0.2) is 0 Å². The van der Waals surface area contributed by atoms with E-state index in [1.807, 2.05) is 25.1 Å². The lowest BCUT2D eigenvalue weighted by molar-refractivity contribution is 0.0561. The van der Waals surface area contributed by atoms with Gasteiger partial charge in [0.15, 0.2) is 0 Å². The van der Waals surface area contributed by atoms with Crippen molar-refractivity contribution < 1.29 is 9.47 Å². The van der Waals surface area contributed by atoms with Gasteiger partial charge in [0.25, 0.3) is 0 Å². The van der Waals surface area contributed by atoms with E-state index in [0.717, 1.165) is 24.3 Å². The smallest absolute Gasteiger partial charge is 0.125 e. The van der Waals surface area contributed by atoms with Gasteiger partial charge in [-0.1, -0.05) is 20.8 Å². The SMILES string of the molecule is CCOc1cc(N)cc(OC2CC(C)CC(C)(C)C2)c1. The summed E-state index contributed by atoms with van der Waals surface area (Å²) in [5.74, 6) is 2.31. The first-order valence-electron chi connectivity index (χ1n) is 7.58. The topological polar surface area (TPSA) is 44.5 Å². The van der Waals surface area contributed by atoms with Crippen LogP contribution in [0.25, 0.3) is 0 Å². The summed E-state index contributed by atoms with van der Waals surface area (Å²) in [7, 11) is 0. The molecule has 1 aromatic rings. The minimum Gasteiger partial charge on any atom is -0.494 e. The zero-order valence-electron chi connectivity index (χ0n) is 13.1. The van der Waals surface area contributed by atoms with Gasteiger partial charge in [-0.15, -0.1) is 0 Å². The summed E-state index contributed by atoms with van der Waals surface area (Å²) < 4.78 is 11.7. The largest absolute Gasteiger partial charge is 0.494 e. The quantitative estimate of drug-likeness (QED) is 0.836. The average Bonchev–Trinajstić information content (AvgIpc) is 2.24. The molecule has 0 spiro atoms. The van der Waals surface area contributed by atoms with Crippen molar-refractivity contribution in [2.45, 2.75) is 53.1 Å². The molecule has 0 aliphatic heterocycles. The summed E-state index contributed by atoms with van der Waals surface area (Å²) >= 11 is 0. The van der Waals surface area contributed by atoms with Gasteiger partial charge >= 0.3 is 0 Å². The Hall–Kier alpha value is -1.38. The Morgan fingerprint density at radius 3 is 2.55 bits per heavy atom. The van der Waals surface area contributed by atoms with E-state index in [1.165, 1.54) is 6.42 Å². The van der Waals surface area contributed by atoms with Crippen molar-refractivity contribution in [1.82, 2.24) is 0 Å². The van der Waals surface area contributed by atoms with Crippen molar-refractivity contribution >= 4 is 5.69 Å². The number of hydrogen-bond acceptors (Lipinski definition) is 3. The van der Waals surface area contributed by atoms with E-state index in [-0.39, 0.29) is 6.10 Å². The maximum absolute atomic E-state index is 6.17. The maximum atomic E-state index is 6.17. The molecule has 112 valence electrons. The predicted molar refractivity (Wildman–Crippen MR) is 83.2 cm³/mol. The first kappa shape index (κ1) is 15.0. The lowest BCUT2D eigenvalue weighted by Crippen LogP contribution is -2.34. The first-order chi connectivity index (χ1) is 9.38. The van der Waals surface area contributed by atoms with Crippen LogP contribution in [0.2, 0.25) is 0 Å². The van der Waals surface area contributed by atoms with Crippen molar-refractivity contribution in [2.24, 2.45) is 11.3 Å². The minimum absolute atomic E-state index is 0.269. The molecule has 20 heavy (non-hydrogen) atoms. The second kappa shape index (κ2) is 5.94. The molecule has 2 atom stereocenters. The molecule has 1 aliphatic carbocycles. The van der Waals surface area contributed by atoms with E-state index in [4.69, 9.17) is 15.2 Å². The molecule has 2 N–H and O–H groups in total. The van der Waals surface area contributed by atoms with Gasteiger partial charge in [-0.05, 0) is 37.5 Å². The van der Waals surface area contributed by atoms with Crippen LogP contribution < -0.4 is 15.2 Å². The first-order valence-corrected chi connectivity index (χ1v) is 7.58. The molecule has 1 aliphatic rings.